The smallest absolute Gasteiger partial charge is 0.191 e. The van der Waals surface area contributed by atoms with Crippen molar-refractivity contribution in [3.63, 3.8) is 0 Å². The molecule has 1 aliphatic rings. The van der Waals surface area contributed by atoms with Gasteiger partial charge in [-0.05, 0) is 56.2 Å². The van der Waals surface area contributed by atoms with Crippen LogP contribution in [0.2, 0.25) is 0 Å². The molecule has 5 heteroatoms. The summed E-state index contributed by atoms with van der Waals surface area (Å²) in [5.41, 5.74) is 1.14. The van der Waals surface area contributed by atoms with Gasteiger partial charge in [0.15, 0.2) is 5.96 Å². The number of ether oxygens (including phenoxy) is 2. The molecule has 2 N–H and O–H groups in total. The molecule has 0 heterocycles. The summed E-state index contributed by atoms with van der Waals surface area (Å²) in [5.74, 6) is 2.63. The van der Waals surface area contributed by atoms with Gasteiger partial charge in [0, 0.05) is 19.7 Å². The van der Waals surface area contributed by atoms with Crippen molar-refractivity contribution in [1.29, 1.82) is 0 Å². The summed E-state index contributed by atoms with van der Waals surface area (Å²) in [4.78, 5) is 4.75. The Morgan fingerprint density at radius 2 is 2.00 bits per heavy atom. The van der Waals surface area contributed by atoms with E-state index in [0.29, 0.717) is 25.8 Å². The number of methoxy groups -OCH3 is 1. The van der Waals surface area contributed by atoms with Crippen molar-refractivity contribution in [2.24, 2.45) is 10.9 Å². The minimum atomic E-state index is 0.540. The molecule has 1 saturated carbocycles. The van der Waals surface area contributed by atoms with E-state index in [1.54, 1.807) is 7.11 Å². The summed E-state index contributed by atoms with van der Waals surface area (Å²) < 4.78 is 10.7. The predicted molar refractivity (Wildman–Crippen MR) is 103 cm³/mol. The average Bonchev–Trinajstić information content (AvgIpc) is 2.62. The second-order valence-electron chi connectivity index (χ2n) is 6.78. The van der Waals surface area contributed by atoms with Crippen molar-refractivity contribution in [3.05, 3.63) is 29.8 Å². The minimum Gasteiger partial charge on any atom is -0.491 e. The molecule has 0 bridgehead atoms. The lowest BCUT2D eigenvalue weighted by Gasteiger charge is -2.28. The summed E-state index contributed by atoms with van der Waals surface area (Å²) in [6.45, 7) is 7.11. The molecule has 0 aromatic heterocycles. The van der Waals surface area contributed by atoms with Gasteiger partial charge in [-0.25, -0.2) is 4.99 Å². The highest BCUT2D eigenvalue weighted by Crippen LogP contribution is 2.23. The van der Waals surface area contributed by atoms with Crippen molar-refractivity contribution >= 4 is 5.96 Å². The SMILES string of the molecule is CCNC(=NCc1cccc(OCCOC)c1)NC1CCC(C)CC1. The average molecular weight is 348 g/mol. The van der Waals surface area contributed by atoms with Gasteiger partial charge < -0.3 is 20.1 Å². The number of rotatable bonds is 8. The zero-order valence-corrected chi connectivity index (χ0v) is 15.9. The molecule has 2 rings (SSSR count). The molecule has 0 amide bonds. The zero-order valence-electron chi connectivity index (χ0n) is 15.9. The maximum atomic E-state index is 5.67. The van der Waals surface area contributed by atoms with Gasteiger partial charge in [0.25, 0.3) is 0 Å². The van der Waals surface area contributed by atoms with Gasteiger partial charge in [-0.3, -0.25) is 0 Å². The first-order valence-electron chi connectivity index (χ1n) is 9.46. The Hall–Kier alpha value is -1.75. The largest absolute Gasteiger partial charge is 0.491 e. The Labute approximate surface area is 152 Å². The Kier molecular flexibility index (Phi) is 8.60. The lowest BCUT2D eigenvalue weighted by Crippen LogP contribution is -2.44. The van der Waals surface area contributed by atoms with Crippen LogP contribution in [0.3, 0.4) is 0 Å². The standard InChI is InChI=1S/C20H33N3O2/c1-4-21-20(23-18-10-8-16(2)9-11-18)22-15-17-6-5-7-19(14-17)25-13-12-24-3/h5-7,14,16,18H,4,8-13,15H2,1-3H3,(H2,21,22,23). The van der Waals surface area contributed by atoms with Crippen molar-refractivity contribution in [1.82, 2.24) is 10.6 Å². The van der Waals surface area contributed by atoms with Crippen molar-refractivity contribution in [2.75, 3.05) is 26.9 Å². The number of guanidine groups is 1. The number of hydrogen-bond donors (Lipinski definition) is 2. The molecule has 0 spiro atoms. The molecule has 0 atom stereocenters. The van der Waals surface area contributed by atoms with Crippen LogP contribution in [0, 0.1) is 5.92 Å². The van der Waals surface area contributed by atoms with Crippen LogP contribution in [0.25, 0.3) is 0 Å². The normalized spacial score (nSPS) is 21.0. The molecule has 25 heavy (non-hydrogen) atoms. The fraction of sp³-hybridized carbons (Fsp3) is 0.650. The molecule has 0 radical (unpaired) electrons. The van der Waals surface area contributed by atoms with E-state index in [-0.39, 0.29) is 0 Å². The highest BCUT2D eigenvalue weighted by atomic mass is 16.5. The second kappa shape index (κ2) is 11.0. The summed E-state index contributed by atoms with van der Waals surface area (Å²) in [7, 11) is 1.68. The van der Waals surface area contributed by atoms with Crippen LogP contribution in [0.4, 0.5) is 0 Å². The van der Waals surface area contributed by atoms with Crippen molar-refractivity contribution < 1.29 is 9.47 Å². The van der Waals surface area contributed by atoms with E-state index in [4.69, 9.17) is 14.5 Å². The van der Waals surface area contributed by atoms with E-state index in [0.717, 1.165) is 29.7 Å². The van der Waals surface area contributed by atoms with Crippen molar-refractivity contribution in [3.8, 4) is 5.75 Å². The molecule has 5 nitrogen and oxygen atoms in total. The van der Waals surface area contributed by atoms with E-state index in [1.807, 2.05) is 18.2 Å². The number of aliphatic imine (C=N–C) groups is 1. The van der Waals surface area contributed by atoms with Crippen molar-refractivity contribution in [2.45, 2.75) is 52.1 Å². The number of hydrogen-bond acceptors (Lipinski definition) is 3. The van der Waals surface area contributed by atoms with Gasteiger partial charge in [0.2, 0.25) is 0 Å². The predicted octanol–water partition coefficient (Wildman–Crippen LogP) is 3.35. The molecule has 0 unspecified atom stereocenters. The van der Waals surface area contributed by atoms with Gasteiger partial charge in [-0.1, -0.05) is 19.1 Å². The van der Waals surface area contributed by atoms with Crippen LogP contribution in [0.1, 0.15) is 45.1 Å². The quantitative estimate of drug-likeness (QED) is 0.430. The van der Waals surface area contributed by atoms with E-state index in [2.05, 4.69) is 30.5 Å². The number of nitrogens with one attached hydrogen (secondary N) is 2. The highest BCUT2D eigenvalue weighted by molar-refractivity contribution is 5.80. The fourth-order valence-electron chi connectivity index (χ4n) is 3.06. The zero-order chi connectivity index (χ0) is 17.9. The summed E-state index contributed by atoms with van der Waals surface area (Å²) in [6.07, 6.45) is 5.07. The Morgan fingerprint density at radius 3 is 2.72 bits per heavy atom. The third-order valence-electron chi connectivity index (χ3n) is 4.58. The van der Waals surface area contributed by atoms with Crippen LogP contribution in [-0.2, 0) is 11.3 Å². The maximum Gasteiger partial charge on any atom is 0.191 e. The first-order valence-corrected chi connectivity index (χ1v) is 9.46. The third kappa shape index (κ3) is 7.34. The number of benzene rings is 1. The summed E-state index contributed by atoms with van der Waals surface area (Å²) in [6, 6.07) is 8.65. The first kappa shape index (κ1) is 19.6. The topological polar surface area (TPSA) is 54.9 Å². The molecular formula is C20H33N3O2. The van der Waals surface area contributed by atoms with E-state index >= 15 is 0 Å². The summed E-state index contributed by atoms with van der Waals surface area (Å²) >= 11 is 0. The van der Waals surface area contributed by atoms with Gasteiger partial charge in [0.1, 0.15) is 12.4 Å². The lowest BCUT2D eigenvalue weighted by molar-refractivity contribution is 0.146. The van der Waals surface area contributed by atoms with Crippen LogP contribution in [0.15, 0.2) is 29.3 Å². The van der Waals surface area contributed by atoms with Crippen LogP contribution < -0.4 is 15.4 Å². The molecule has 1 aliphatic carbocycles. The van der Waals surface area contributed by atoms with Crippen LogP contribution in [-0.4, -0.2) is 38.9 Å². The molecule has 1 aromatic carbocycles. The summed E-state index contributed by atoms with van der Waals surface area (Å²) in [5, 5.41) is 6.95. The van der Waals surface area contributed by atoms with E-state index in [9.17, 15) is 0 Å². The van der Waals surface area contributed by atoms with Crippen LogP contribution in [0.5, 0.6) is 5.75 Å². The third-order valence-corrected chi connectivity index (χ3v) is 4.58. The van der Waals surface area contributed by atoms with Crippen LogP contribution >= 0.6 is 0 Å². The Bertz CT molecular complexity index is 525. The second-order valence-corrected chi connectivity index (χ2v) is 6.78. The molecule has 0 saturated heterocycles. The molecular weight excluding hydrogens is 314 g/mol. The van der Waals surface area contributed by atoms with Gasteiger partial charge in [-0.15, -0.1) is 0 Å². The Balaban J connectivity index is 1.90. The Morgan fingerprint density at radius 1 is 1.20 bits per heavy atom. The minimum absolute atomic E-state index is 0.540. The monoisotopic (exact) mass is 347 g/mol. The fourth-order valence-corrected chi connectivity index (χ4v) is 3.06. The van der Waals surface area contributed by atoms with Gasteiger partial charge >= 0.3 is 0 Å². The molecule has 1 aromatic rings. The van der Waals surface area contributed by atoms with Gasteiger partial charge in [0.05, 0.1) is 13.2 Å². The first-order chi connectivity index (χ1) is 12.2. The molecule has 140 valence electrons. The van der Waals surface area contributed by atoms with E-state index < -0.39 is 0 Å². The van der Waals surface area contributed by atoms with Gasteiger partial charge in [-0.2, -0.15) is 0 Å². The maximum absolute atomic E-state index is 5.67. The van der Waals surface area contributed by atoms with E-state index in [1.165, 1.54) is 25.7 Å². The highest BCUT2D eigenvalue weighted by Gasteiger charge is 2.18. The number of nitrogens with zero attached hydrogens (tertiary/aromatic N) is 1. The molecule has 1 fully saturated rings. The molecule has 0 aliphatic heterocycles. The lowest BCUT2D eigenvalue weighted by atomic mass is 9.87.